The molecule has 2 unspecified atom stereocenters. The number of piperidine rings is 1. The van der Waals surface area contributed by atoms with E-state index in [9.17, 15) is 0 Å². The van der Waals surface area contributed by atoms with Gasteiger partial charge in [-0.05, 0) is 58.2 Å². The van der Waals surface area contributed by atoms with E-state index in [1.54, 1.807) is 0 Å². The van der Waals surface area contributed by atoms with Gasteiger partial charge in [0.2, 0.25) is 0 Å². The molecule has 0 amide bonds. The SMILES string of the molecule is Cc1ccc(C(C)N2CCC(C(C)N)CC2)cc1. The van der Waals surface area contributed by atoms with Gasteiger partial charge in [0.05, 0.1) is 0 Å². The van der Waals surface area contributed by atoms with Crippen LogP contribution in [0.1, 0.15) is 43.9 Å². The highest BCUT2D eigenvalue weighted by molar-refractivity contribution is 5.23. The van der Waals surface area contributed by atoms with Crippen molar-refractivity contribution in [2.75, 3.05) is 13.1 Å². The molecule has 1 aromatic carbocycles. The van der Waals surface area contributed by atoms with E-state index in [-0.39, 0.29) is 0 Å². The van der Waals surface area contributed by atoms with Gasteiger partial charge >= 0.3 is 0 Å². The van der Waals surface area contributed by atoms with Crippen molar-refractivity contribution < 1.29 is 0 Å². The zero-order valence-corrected chi connectivity index (χ0v) is 11.9. The minimum Gasteiger partial charge on any atom is -0.328 e. The Kier molecular flexibility index (Phi) is 4.41. The molecule has 1 fully saturated rings. The van der Waals surface area contributed by atoms with Gasteiger partial charge in [-0.15, -0.1) is 0 Å². The number of benzene rings is 1. The van der Waals surface area contributed by atoms with Gasteiger partial charge < -0.3 is 5.73 Å². The molecule has 2 nitrogen and oxygen atoms in total. The van der Waals surface area contributed by atoms with Gasteiger partial charge in [-0.1, -0.05) is 29.8 Å². The molecule has 2 rings (SSSR count). The molecule has 0 bridgehead atoms. The first kappa shape index (κ1) is 13.6. The highest BCUT2D eigenvalue weighted by Crippen LogP contribution is 2.27. The predicted octanol–water partition coefficient (Wildman–Crippen LogP) is 3.12. The standard InChI is InChI=1S/C16H26N2/c1-12-4-6-16(7-5-12)14(3)18-10-8-15(9-11-18)13(2)17/h4-7,13-15H,8-11,17H2,1-3H3. The second kappa shape index (κ2) is 5.85. The molecule has 1 saturated heterocycles. The Morgan fingerprint density at radius 2 is 1.67 bits per heavy atom. The maximum absolute atomic E-state index is 6.00. The van der Waals surface area contributed by atoms with Crippen LogP contribution in [-0.4, -0.2) is 24.0 Å². The molecule has 2 N–H and O–H groups in total. The molecule has 100 valence electrons. The molecule has 0 spiro atoms. The first-order chi connectivity index (χ1) is 8.58. The summed E-state index contributed by atoms with van der Waals surface area (Å²) in [4.78, 5) is 2.59. The molecular weight excluding hydrogens is 220 g/mol. The highest BCUT2D eigenvalue weighted by atomic mass is 15.2. The number of likely N-dealkylation sites (tertiary alicyclic amines) is 1. The summed E-state index contributed by atoms with van der Waals surface area (Å²) >= 11 is 0. The first-order valence-electron chi connectivity index (χ1n) is 7.14. The minimum atomic E-state index is 0.349. The zero-order valence-electron chi connectivity index (χ0n) is 11.9. The van der Waals surface area contributed by atoms with E-state index in [2.05, 4.69) is 49.9 Å². The Morgan fingerprint density at radius 3 is 2.17 bits per heavy atom. The predicted molar refractivity (Wildman–Crippen MR) is 77.5 cm³/mol. The summed E-state index contributed by atoms with van der Waals surface area (Å²) in [6, 6.07) is 9.82. The summed E-state index contributed by atoms with van der Waals surface area (Å²) in [6.07, 6.45) is 2.49. The van der Waals surface area contributed by atoms with Crippen LogP contribution in [0.2, 0.25) is 0 Å². The Hall–Kier alpha value is -0.860. The van der Waals surface area contributed by atoms with Crippen molar-refractivity contribution in [3.8, 4) is 0 Å². The molecule has 0 aromatic heterocycles. The molecule has 18 heavy (non-hydrogen) atoms. The van der Waals surface area contributed by atoms with Gasteiger partial charge in [0.15, 0.2) is 0 Å². The fraction of sp³-hybridized carbons (Fsp3) is 0.625. The topological polar surface area (TPSA) is 29.3 Å². The Morgan fingerprint density at radius 1 is 1.11 bits per heavy atom. The quantitative estimate of drug-likeness (QED) is 0.888. The Bertz CT molecular complexity index is 361. The van der Waals surface area contributed by atoms with E-state index in [1.807, 2.05) is 0 Å². The van der Waals surface area contributed by atoms with Crippen molar-refractivity contribution in [3.63, 3.8) is 0 Å². The minimum absolute atomic E-state index is 0.349. The fourth-order valence-corrected chi connectivity index (χ4v) is 2.89. The normalized spacial score (nSPS) is 21.8. The molecular formula is C16H26N2. The summed E-state index contributed by atoms with van der Waals surface area (Å²) in [5, 5.41) is 0. The van der Waals surface area contributed by atoms with E-state index in [0.29, 0.717) is 18.0 Å². The maximum atomic E-state index is 6.00. The van der Waals surface area contributed by atoms with E-state index in [4.69, 9.17) is 5.73 Å². The van der Waals surface area contributed by atoms with Crippen LogP contribution in [0.3, 0.4) is 0 Å². The third-order valence-electron chi connectivity index (χ3n) is 4.43. The van der Waals surface area contributed by atoms with Crippen molar-refractivity contribution in [2.24, 2.45) is 11.7 Å². The van der Waals surface area contributed by atoms with E-state index < -0.39 is 0 Å². The fourth-order valence-electron chi connectivity index (χ4n) is 2.89. The van der Waals surface area contributed by atoms with Crippen LogP contribution in [0.25, 0.3) is 0 Å². The lowest BCUT2D eigenvalue weighted by molar-refractivity contribution is 0.132. The molecule has 1 aliphatic rings. The van der Waals surface area contributed by atoms with E-state index >= 15 is 0 Å². The molecule has 0 saturated carbocycles. The second-order valence-electron chi connectivity index (χ2n) is 5.82. The van der Waals surface area contributed by atoms with E-state index in [1.165, 1.54) is 37.1 Å². The van der Waals surface area contributed by atoms with Crippen molar-refractivity contribution >= 4 is 0 Å². The van der Waals surface area contributed by atoms with Gasteiger partial charge in [-0.25, -0.2) is 0 Å². The van der Waals surface area contributed by atoms with Crippen molar-refractivity contribution in [1.29, 1.82) is 0 Å². The van der Waals surface area contributed by atoms with Gasteiger partial charge in [-0.3, -0.25) is 4.90 Å². The van der Waals surface area contributed by atoms with Crippen LogP contribution in [0.15, 0.2) is 24.3 Å². The number of aryl methyl sites for hydroxylation is 1. The van der Waals surface area contributed by atoms with Gasteiger partial charge in [0.1, 0.15) is 0 Å². The van der Waals surface area contributed by atoms with Gasteiger partial charge in [0, 0.05) is 12.1 Å². The number of hydrogen-bond donors (Lipinski definition) is 1. The molecule has 2 heteroatoms. The molecule has 1 aliphatic heterocycles. The third kappa shape index (κ3) is 3.12. The molecule has 0 aliphatic carbocycles. The lowest BCUT2D eigenvalue weighted by Gasteiger charge is -2.37. The largest absolute Gasteiger partial charge is 0.328 e. The summed E-state index contributed by atoms with van der Waals surface area (Å²) in [6.45, 7) is 8.96. The van der Waals surface area contributed by atoms with Crippen molar-refractivity contribution in [1.82, 2.24) is 4.90 Å². The number of nitrogens with zero attached hydrogens (tertiary/aromatic N) is 1. The molecule has 2 atom stereocenters. The third-order valence-corrected chi connectivity index (χ3v) is 4.43. The highest BCUT2D eigenvalue weighted by Gasteiger charge is 2.25. The summed E-state index contributed by atoms with van der Waals surface area (Å²) in [7, 11) is 0. The first-order valence-corrected chi connectivity index (χ1v) is 7.14. The lowest BCUT2D eigenvalue weighted by atomic mass is 9.89. The summed E-state index contributed by atoms with van der Waals surface area (Å²) in [5.74, 6) is 0.714. The van der Waals surface area contributed by atoms with Gasteiger partial charge in [-0.2, -0.15) is 0 Å². The van der Waals surface area contributed by atoms with Crippen LogP contribution < -0.4 is 5.73 Å². The van der Waals surface area contributed by atoms with Crippen molar-refractivity contribution in [3.05, 3.63) is 35.4 Å². The average Bonchev–Trinajstić information content (AvgIpc) is 2.39. The lowest BCUT2D eigenvalue weighted by Crippen LogP contribution is -2.40. The van der Waals surface area contributed by atoms with Crippen LogP contribution in [-0.2, 0) is 0 Å². The molecule has 1 aromatic rings. The number of hydrogen-bond acceptors (Lipinski definition) is 2. The Balaban J connectivity index is 1.95. The van der Waals surface area contributed by atoms with Crippen LogP contribution >= 0.6 is 0 Å². The Labute approximate surface area is 111 Å². The van der Waals surface area contributed by atoms with Crippen molar-refractivity contribution in [2.45, 2.75) is 45.7 Å². The van der Waals surface area contributed by atoms with Crippen LogP contribution in [0.4, 0.5) is 0 Å². The molecule has 0 radical (unpaired) electrons. The van der Waals surface area contributed by atoms with Crippen LogP contribution in [0.5, 0.6) is 0 Å². The van der Waals surface area contributed by atoms with E-state index in [0.717, 1.165) is 0 Å². The van der Waals surface area contributed by atoms with Crippen LogP contribution in [0, 0.1) is 12.8 Å². The number of nitrogens with two attached hydrogens (primary N) is 1. The zero-order chi connectivity index (χ0) is 13.1. The average molecular weight is 246 g/mol. The monoisotopic (exact) mass is 246 g/mol. The summed E-state index contributed by atoms with van der Waals surface area (Å²) < 4.78 is 0. The number of rotatable bonds is 3. The smallest absolute Gasteiger partial charge is 0.0319 e. The summed E-state index contributed by atoms with van der Waals surface area (Å²) in [5.41, 5.74) is 8.76. The molecule has 1 heterocycles. The van der Waals surface area contributed by atoms with Gasteiger partial charge in [0.25, 0.3) is 0 Å². The second-order valence-corrected chi connectivity index (χ2v) is 5.82. The maximum Gasteiger partial charge on any atom is 0.0319 e.